The Morgan fingerprint density at radius 1 is 1.15 bits per heavy atom. The van der Waals surface area contributed by atoms with Crippen LogP contribution in [0, 0.1) is 29.6 Å². The Bertz CT molecular complexity index is 261. The molecule has 74 valence electrons. The van der Waals surface area contributed by atoms with Crippen LogP contribution in [0.3, 0.4) is 0 Å². The van der Waals surface area contributed by atoms with Gasteiger partial charge >= 0.3 is 0 Å². The molecule has 0 aromatic carbocycles. The lowest BCUT2D eigenvalue weighted by molar-refractivity contribution is -0.0841. The second kappa shape index (κ2) is 2.31. The van der Waals surface area contributed by atoms with Crippen molar-refractivity contribution in [2.24, 2.45) is 35.3 Å². The van der Waals surface area contributed by atoms with Crippen LogP contribution in [0.5, 0.6) is 0 Å². The SMILES string of the molecule is [2H]N([2H])C12CC3CC(C1)C(C)C(C2)C3C. The fourth-order valence-electron chi connectivity index (χ4n) is 4.57. The Kier molecular flexibility index (Phi) is 1.14. The van der Waals surface area contributed by atoms with Gasteiger partial charge in [0, 0.05) is 5.54 Å². The molecule has 0 radical (unpaired) electrons. The molecule has 0 heterocycles. The summed E-state index contributed by atoms with van der Waals surface area (Å²) >= 11 is 0. The molecule has 4 atom stereocenters. The lowest BCUT2D eigenvalue weighted by Gasteiger charge is -2.61. The van der Waals surface area contributed by atoms with E-state index in [1.54, 1.807) is 0 Å². The van der Waals surface area contributed by atoms with Gasteiger partial charge in [-0.05, 0) is 55.3 Å². The van der Waals surface area contributed by atoms with E-state index in [4.69, 9.17) is 2.82 Å². The van der Waals surface area contributed by atoms with Gasteiger partial charge in [0.2, 0.25) is 0 Å². The van der Waals surface area contributed by atoms with Crippen LogP contribution in [-0.2, 0) is 0 Å². The summed E-state index contributed by atoms with van der Waals surface area (Å²) in [7, 11) is 0. The number of nitrogens with two attached hydrogens (primary N) is 1. The Labute approximate surface area is 84.0 Å². The van der Waals surface area contributed by atoms with Crippen LogP contribution in [0.4, 0.5) is 0 Å². The summed E-state index contributed by atoms with van der Waals surface area (Å²) in [5.74, 6) is 4.07. The van der Waals surface area contributed by atoms with Gasteiger partial charge in [-0.2, -0.15) is 0 Å². The van der Waals surface area contributed by atoms with E-state index in [-0.39, 0.29) is 5.54 Å². The maximum absolute atomic E-state index is 7.69. The van der Waals surface area contributed by atoms with Crippen molar-refractivity contribution in [2.75, 3.05) is 0 Å². The standard InChI is InChI=1S/C12H21N/c1-7-9-3-10-5-12(13,4-9)6-11(7)8(10)2/h7-11H,3-6,13H2,1-2H3/i/hD2. The van der Waals surface area contributed by atoms with Gasteiger partial charge < -0.3 is 5.72 Å². The van der Waals surface area contributed by atoms with Crippen LogP contribution in [0.25, 0.3) is 0 Å². The molecule has 13 heavy (non-hydrogen) atoms. The Morgan fingerprint density at radius 2 is 1.77 bits per heavy atom. The van der Waals surface area contributed by atoms with Crippen molar-refractivity contribution in [3.63, 3.8) is 0 Å². The van der Waals surface area contributed by atoms with Gasteiger partial charge in [0.25, 0.3) is 0 Å². The summed E-state index contributed by atoms with van der Waals surface area (Å²) in [6, 6.07) is 0. The van der Waals surface area contributed by atoms with Gasteiger partial charge in [-0.1, -0.05) is 13.8 Å². The van der Waals surface area contributed by atoms with Crippen molar-refractivity contribution in [1.29, 1.82) is 0 Å². The Hall–Kier alpha value is -0.0400. The van der Waals surface area contributed by atoms with Gasteiger partial charge in [0.05, 0.1) is 0 Å². The molecule has 0 spiro atoms. The van der Waals surface area contributed by atoms with E-state index in [1.807, 2.05) is 0 Å². The zero-order chi connectivity index (χ0) is 10.8. The zero-order valence-corrected chi connectivity index (χ0v) is 8.66. The van der Waals surface area contributed by atoms with E-state index < -0.39 is 0 Å². The molecule has 4 rings (SSSR count). The van der Waals surface area contributed by atoms with Crippen molar-refractivity contribution in [3.05, 3.63) is 0 Å². The highest BCUT2D eigenvalue weighted by molar-refractivity contribution is 5.08. The molecule has 1 nitrogen and oxygen atoms in total. The Balaban J connectivity index is 1.95. The normalized spacial score (nSPS) is 66.8. The molecule has 2 N–H and O–H groups in total. The Morgan fingerprint density at radius 3 is 2.31 bits per heavy atom. The first-order chi connectivity index (χ1) is 7.03. The molecule has 0 amide bonds. The van der Waals surface area contributed by atoms with Gasteiger partial charge in [0.1, 0.15) is 2.82 Å². The van der Waals surface area contributed by atoms with Crippen LogP contribution in [0.2, 0.25) is 2.82 Å². The summed E-state index contributed by atoms with van der Waals surface area (Å²) in [6.45, 7) is 4.80. The van der Waals surface area contributed by atoms with E-state index in [1.165, 1.54) is 6.42 Å². The minimum Gasteiger partial charge on any atom is -0.325 e. The lowest BCUT2D eigenvalue weighted by Crippen LogP contribution is -2.61. The van der Waals surface area contributed by atoms with Crippen LogP contribution >= 0.6 is 0 Å². The van der Waals surface area contributed by atoms with Crippen molar-refractivity contribution in [1.82, 2.24) is 0 Å². The van der Waals surface area contributed by atoms with Gasteiger partial charge in [-0.25, -0.2) is 0 Å². The van der Waals surface area contributed by atoms with Crippen LogP contribution in [0.15, 0.2) is 0 Å². The van der Waals surface area contributed by atoms with E-state index in [0.717, 1.165) is 54.6 Å². The number of rotatable bonds is 1. The molecule has 0 aromatic rings. The van der Waals surface area contributed by atoms with Crippen molar-refractivity contribution >= 4 is 0 Å². The predicted molar refractivity (Wildman–Crippen MR) is 54.2 cm³/mol. The van der Waals surface area contributed by atoms with Crippen LogP contribution < -0.4 is 5.72 Å². The van der Waals surface area contributed by atoms with E-state index in [9.17, 15) is 0 Å². The summed E-state index contributed by atoms with van der Waals surface area (Å²) in [5, 5.41) is 0. The molecular formula is C12H21N. The molecule has 4 bridgehead atoms. The largest absolute Gasteiger partial charge is 0.325 e. The zero-order valence-electron chi connectivity index (χ0n) is 10.7. The number of hydrogen-bond acceptors (Lipinski definition) is 1. The first kappa shape index (κ1) is 6.44. The molecule has 4 unspecified atom stereocenters. The molecule has 4 saturated carbocycles. The highest BCUT2D eigenvalue weighted by atomic mass is 14.8. The van der Waals surface area contributed by atoms with Crippen molar-refractivity contribution < 1.29 is 2.82 Å². The molecule has 4 fully saturated rings. The van der Waals surface area contributed by atoms with Crippen LogP contribution in [-0.4, -0.2) is 5.54 Å². The first-order valence-corrected chi connectivity index (χ1v) is 5.81. The highest BCUT2D eigenvalue weighted by Gasteiger charge is 2.55. The average molecular weight is 181 g/mol. The second-order valence-electron chi connectivity index (χ2n) is 5.97. The maximum atomic E-state index is 7.69. The predicted octanol–water partition coefficient (Wildman–Crippen LogP) is 2.41. The molecule has 0 aromatic heterocycles. The first-order valence-electron chi connectivity index (χ1n) is 6.71. The molecule has 0 saturated heterocycles. The van der Waals surface area contributed by atoms with Crippen LogP contribution in [0.1, 0.15) is 39.5 Å². The summed E-state index contributed by atoms with van der Waals surface area (Å²) in [6.07, 6.45) is 4.70. The van der Waals surface area contributed by atoms with Gasteiger partial charge in [-0.15, -0.1) is 0 Å². The quantitative estimate of drug-likeness (QED) is 0.660. The molecule has 4 aliphatic carbocycles. The minimum absolute atomic E-state index is 0.0722. The minimum atomic E-state index is -0.0722. The fraction of sp³-hybridized carbons (Fsp3) is 1.00. The van der Waals surface area contributed by atoms with E-state index in [0.29, 0.717) is 0 Å². The number of hydrogen-bond donors (Lipinski definition) is 1. The van der Waals surface area contributed by atoms with Gasteiger partial charge in [-0.3, -0.25) is 0 Å². The van der Waals surface area contributed by atoms with Crippen molar-refractivity contribution in [2.45, 2.75) is 45.1 Å². The molecule has 1 heteroatoms. The topological polar surface area (TPSA) is 26.0 Å². The highest BCUT2D eigenvalue weighted by Crippen LogP contribution is 2.59. The average Bonchev–Trinajstić information content (AvgIpc) is 2.20. The molecular weight excluding hydrogens is 158 g/mol. The van der Waals surface area contributed by atoms with Crippen molar-refractivity contribution in [3.8, 4) is 0 Å². The summed E-state index contributed by atoms with van der Waals surface area (Å²) in [4.78, 5) is 0. The molecule has 0 aliphatic heterocycles. The van der Waals surface area contributed by atoms with E-state index >= 15 is 0 Å². The second-order valence-corrected chi connectivity index (χ2v) is 5.97. The fourth-order valence-corrected chi connectivity index (χ4v) is 4.57. The van der Waals surface area contributed by atoms with E-state index in [2.05, 4.69) is 13.8 Å². The lowest BCUT2D eigenvalue weighted by atomic mass is 9.46. The third kappa shape index (κ3) is 0.971. The summed E-state index contributed by atoms with van der Waals surface area (Å²) in [5.41, 5.74) is 0.980. The maximum Gasteiger partial charge on any atom is 0.119 e. The summed E-state index contributed by atoms with van der Waals surface area (Å²) < 4.78 is 15.4. The third-order valence-corrected chi connectivity index (χ3v) is 5.34. The third-order valence-electron chi connectivity index (χ3n) is 5.34. The smallest absolute Gasteiger partial charge is 0.119 e. The monoisotopic (exact) mass is 181 g/mol. The van der Waals surface area contributed by atoms with Gasteiger partial charge in [0.15, 0.2) is 0 Å². The molecule has 4 aliphatic rings.